The summed E-state index contributed by atoms with van der Waals surface area (Å²) in [5, 5.41) is 2.91. The smallest absolute Gasteiger partial charge is 0.317 e. The number of ether oxygens (including phenoxy) is 1. The molecule has 1 fully saturated rings. The number of carbonyl (C=O) groups excluding carboxylic acids is 1. The molecule has 2 aromatic rings. The van der Waals surface area contributed by atoms with Crippen LogP contribution in [0.5, 0.6) is 0 Å². The SMILES string of the molecule is O=C(NCCn1ccnc1)N1CCO[C@@H](c2ccco2)C1. The molecule has 7 heteroatoms. The second-order valence-corrected chi connectivity index (χ2v) is 4.85. The van der Waals surface area contributed by atoms with Crippen molar-refractivity contribution in [3.8, 4) is 0 Å². The Kier molecular flexibility index (Phi) is 4.20. The molecule has 3 rings (SSSR count). The Balaban J connectivity index is 1.48. The van der Waals surface area contributed by atoms with Gasteiger partial charge in [-0.15, -0.1) is 0 Å². The van der Waals surface area contributed by atoms with Gasteiger partial charge in [-0.3, -0.25) is 0 Å². The molecule has 0 spiro atoms. The molecule has 1 aliphatic heterocycles. The molecule has 3 heterocycles. The van der Waals surface area contributed by atoms with E-state index in [0.29, 0.717) is 32.8 Å². The molecule has 1 N–H and O–H groups in total. The van der Waals surface area contributed by atoms with Gasteiger partial charge in [-0.25, -0.2) is 9.78 Å². The van der Waals surface area contributed by atoms with Crippen LogP contribution in [0.1, 0.15) is 11.9 Å². The van der Waals surface area contributed by atoms with Crippen LogP contribution in [-0.2, 0) is 11.3 Å². The van der Waals surface area contributed by atoms with Crippen molar-refractivity contribution in [1.82, 2.24) is 19.8 Å². The Labute approximate surface area is 122 Å². The number of morpholine rings is 1. The number of aromatic nitrogens is 2. The minimum atomic E-state index is -0.187. The van der Waals surface area contributed by atoms with Crippen LogP contribution in [0.4, 0.5) is 4.79 Å². The fourth-order valence-corrected chi connectivity index (χ4v) is 2.30. The lowest BCUT2D eigenvalue weighted by Gasteiger charge is -2.32. The molecule has 7 nitrogen and oxygen atoms in total. The molecule has 0 saturated carbocycles. The third-order valence-corrected chi connectivity index (χ3v) is 3.42. The van der Waals surface area contributed by atoms with Crippen molar-refractivity contribution in [2.75, 3.05) is 26.2 Å². The summed E-state index contributed by atoms with van der Waals surface area (Å²) in [6.07, 6.45) is 6.75. The Morgan fingerprint density at radius 2 is 2.48 bits per heavy atom. The number of rotatable bonds is 4. The molecule has 1 aliphatic rings. The van der Waals surface area contributed by atoms with E-state index in [4.69, 9.17) is 9.15 Å². The van der Waals surface area contributed by atoms with E-state index < -0.39 is 0 Å². The molecular formula is C14H18N4O3. The summed E-state index contributed by atoms with van der Waals surface area (Å²) >= 11 is 0. The van der Waals surface area contributed by atoms with Gasteiger partial charge in [0, 0.05) is 32.0 Å². The monoisotopic (exact) mass is 290 g/mol. The van der Waals surface area contributed by atoms with E-state index in [1.807, 2.05) is 22.9 Å². The van der Waals surface area contributed by atoms with Gasteiger partial charge in [0.25, 0.3) is 0 Å². The number of furan rings is 1. The second kappa shape index (κ2) is 6.45. The van der Waals surface area contributed by atoms with Gasteiger partial charge >= 0.3 is 6.03 Å². The van der Waals surface area contributed by atoms with Crippen LogP contribution in [0.25, 0.3) is 0 Å². The lowest BCUT2D eigenvalue weighted by Crippen LogP contribution is -2.47. The molecule has 0 bridgehead atoms. The third-order valence-electron chi connectivity index (χ3n) is 3.42. The quantitative estimate of drug-likeness (QED) is 0.920. The number of imidazole rings is 1. The Bertz CT molecular complexity index is 553. The first-order chi connectivity index (χ1) is 10.3. The lowest BCUT2D eigenvalue weighted by atomic mass is 10.2. The van der Waals surface area contributed by atoms with Crippen molar-refractivity contribution >= 4 is 6.03 Å². The van der Waals surface area contributed by atoms with E-state index in [2.05, 4.69) is 10.3 Å². The summed E-state index contributed by atoms with van der Waals surface area (Å²) in [5.74, 6) is 0.755. The molecule has 1 saturated heterocycles. The van der Waals surface area contributed by atoms with Gasteiger partial charge in [0.1, 0.15) is 11.9 Å². The van der Waals surface area contributed by atoms with Crippen molar-refractivity contribution in [2.45, 2.75) is 12.6 Å². The highest BCUT2D eigenvalue weighted by Crippen LogP contribution is 2.22. The Morgan fingerprint density at radius 3 is 3.24 bits per heavy atom. The summed E-state index contributed by atoms with van der Waals surface area (Å²) in [7, 11) is 0. The molecule has 112 valence electrons. The largest absolute Gasteiger partial charge is 0.467 e. The van der Waals surface area contributed by atoms with E-state index in [1.54, 1.807) is 23.7 Å². The Hall–Kier alpha value is -2.28. The zero-order valence-electron chi connectivity index (χ0n) is 11.6. The van der Waals surface area contributed by atoms with Crippen LogP contribution in [0.3, 0.4) is 0 Å². The van der Waals surface area contributed by atoms with Crippen LogP contribution >= 0.6 is 0 Å². The van der Waals surface area contributed by atoms with Gasteiger partial charge in [-0.2, -0.15) is 0 Å². The highest BCUT2D eigenvalue weighted by Gasteiger charge is 2.26. The molecule has 1 atom stereocenters. The normalized spacial score (nSPS) is 18.7. The maximum atomic E-state index is 12.1. The number of nitrogens with zero attached hydrogens (tertiary/aromatic N) is 3. The van der Waals surface area contributed by atoms with Gasteiger partial charge in [0.05, 0.1) is 25.7 Å². The Morgan fingerprint density at radius 1 is 1.52 bits per heavy atom. The summed E-state index contributed by atoms with van der Waals surface area (Å²) < 4.78 is 12.9. The molecular weight excluding hydrogens is 272 g/mol. The van der Waals surface area contributed by atoms with Gasteiger partial charge in [-0.05, 0) is 12.1 Å². The zero-order chi connectivity index (χ0) is 14.5. The first-order valence-corrected chi connectivity index (χ1v) is 6.96. The summed E-state index contributed by atoms with van der Waals surface area (Å²) in [6, 6.07) is 3.61. The van der Waals surface area contributed by atoms with Gasteiger partial charge in [0.15, 0.2) is 0 Å². The first kappa shape index (κ1) is 13.7. The zero-order valence-corrected chi connectivity index (χ0v) is 11.6. The summed E-state index contributed by atoms with van der Waals surface area (Å²) in [5.41, 5.74) is 0. The minimum absolute atomic E-state index is 0.0741. The first-order valence-electron chi connectivity index (χ1n) is 6.96. The maximum Gasteiger partial charge on any atom is 0.317 e. The number of nitrogens with one attached hydrogen (secondary N) is 1. The topological polar surface area (TPSA) is 72.5 Å². The average Bonchev–Trinajstić information content (AvgIpc) is 3.21. The molecule has 2 amide bonds. The molecule has 0 unspecified atom stereocenters. The third kappa shape index (κ3) is 3.43. The predicted octanol–water partition coefficient (Wildman–Crippen LogP) is 1.26. The van der Waals surface area contributed by atoms with Gasteiger partial charge in [0.2, 0.25) is 0 Å². The van der Waals surface area contributed by atoms with Crippen LogP contribution in [0, 0.1) is 0 Å². The molecule has 0 aromatic carbocycles. The van der Waals surface area contributed by atoms with E-state index >= 15 is 0 Å². The van der Waals surface area contributed by atoms with Crippen LogP contribution in [0.15, 0.2) is 41.5 Å². The predicted molar refractivity (Wildman–Crippen MR) is 74.6 cm³/mol. The summed E-state index contributed by atoms with van der Waals surface area (Å²) in [6.45, 7) is 2.88. The van der Waals surface area contributed by atoms with Crippen molar-refractivity contribution in [2.24, 2.45) is 0 Å². The van der Waals surface area contributed by atoms with Gasteiger partial charge < -0.3 is 23.9 Å². The average molecular weight is 290 g/mol. The van der Waals surface area contributed by atoms with E-state index in [9.17, 15) is 4.79 Å². The molecule has 2 aromatic heterocycles. The van der Waals surface area contributed by atoms with Crippen LogP contribution in [-0.4, -0.2) is 46.7 Å². The van der Waals surface area contributed by atoms with Crippen LogP contribution in [0.2, 0.25) is 0 Å². The fourth-order valence-electron chi connectivity index (χ4n) is 2.30. The number of hydrogen-bond acceptors (Lipinski definition) is 4. The van der Waals surface area contributed by atoms with Gasteiger partial charge in [-0.1, -0.05) is 0 Å². The van der Waals surface area contributed by atoms with Crippen molar-refractivity contribution in [3.63, 3.8) is 0 Å². The molecule has 21 heavy (non-hydrogen) atoms. The fraction of sp³-hybridized carbons (Fsp3) is 0.429. The second-order valence-electron chi connectivity index (χ2n) is 4.85. The number of carbonyl (C=O) groups is 1. The van der Waals surface area contributed by atoms with Crippen molar-refractivity contribution in [1.29, 1.82) is 0 Å². The summed E-state index contributed by atoms with van der Waals surface area (Å²) in [4.78, 5) is 17.9. The number of hydrogen-bond donors (Lipinski definition) is 1. The highest BCUT2D eigenvalue weighted by molar-refractivity contribution is 5.74. The van der Waals surface area contributed by atoms with E-state index in [0.717, 1.165) is 5.76 Å². The lowest BCUT2D eigenvalue weighted by molar-refractivity contribution is -0.0260. The maximum absolute atomic E-state index is 12.1. The minimum Gasteiger partial charge on any atom is -0.467 e. The molecule has 0 radical (unpaired) electrons. The van der Waals surface area contributed by atoms with Crippen molar-refractivity contribution in [3.05, 3.63) is 42.9 Å². The van der Waals surface area contributed by atoms with Crippen LogP contribution < -0.4 is 5.32 Å². The van der Waals surface area contributed by atoms with E-state index in [1.165, 1.54) is 0 Å². The standard InChI is InChI=1S/C14H18N4O3/c19-14(16-4-6-17-5-3-15-11-17)18-7-9-21-13(10-18)12-2-1-8-20-12/h1-3,5,8,11,13H,4,6-7,9-10H2,(H,16,19)/t13-/m1/s1. The highest BCUT2D eigenvalue weighted by atomic mass is 16.5. The van der Waals surface area contributed by atoms with E-state index in [-0.39, 0.29) is 12.1 Å². The number of amides is 2. The van der Waals surface area contributed by atoms with Crippen molar-refractivity contribution < 1.29 is 13.9 Å². The number of urea groups is 1. The molecule has 0 aliphatic carbocycles.